The lowest BCUT2D eigenvalue weighted by Gasteiger charge is -2.20. The van der Waals surface area contributed by atoms with Gasteiger partial charge in [0.05, 0.1) is 13.2 Å². The Hall–Kier alpha value is -3.34. The van der Waals surface area contributed by atoms with Crippen LogP contribution in [0.3, 0.4) is 0 Å². The van der Waals surface area contributed by atoms with Crippen LogP contribution in [-0.4, -0.2) is 19.6 Å². The van der Waals surface area contributed by atoms with E-state index in [1.165, 1.54) is 6.07 Å². The van der Waals surface area contributed by atoms with Crippen molar-refractivity contribution in [2.75, 3.05) is 13.7 Å². The second-order valence-corrected chi connectivity index (χ2v) is 6.62. The molecule has 29 heavy (non-hydrogen) atoms. The van der Waals surface area contributed by atoms with Crippen LogP contribution in [0.4, 0.5) is 4.39 Å². The second-order valence-electron chi connectivity index (χ2n) is 6.62. The quantitative estimate of drug-likeness (QED) is 0.573. The van der Waals surface area contributed by atoms with Crippen molar-refractivity contribution in [3.05, 3.63) is 95.8 Å². The Bertz CT molecular complexity index is 913. The van der Waals surface area contributed by atoms with Gasteiger partial charge in [-0.05, 0) is 41.8 Å². The van der Waals surface area contributed by atoms with Gasteiger partial charge in [0.15, 0.2) is 11.6 Å². The molecule has 3 aromatic rings. The van der Waals surface area contributed by atoms with E-state index in [1.807, 2.05) is 54.6 Å². The van der Waals surface area contributed by atoms with E-state index in [0.717, 1.165) is 16.9 Å². The molecule has 150 valence electrons. The van der Waals surface area contributed by atoms with Crippen LogP contribution < -0.4 is 14.8 Å². The van der Waals surface area contributed by atoms with Crippen molar-refractivity contribution >= 4 is 5.91 Å². The van der Waals surface area contributed by atoms with E-state index in [4.69, 9.17) is 9.47 Å². The number of carbonyl (C=O) groups is 1. The van der Waals surface area contributed by atoms with Gasteiger partial charge < -0.3 is 14.8 Å². The Labute approximate surface area is 170 Å². The maximum Gasteiger partial charge on any atom is 0.220 e. The van der Waals surface area contributed by atoms with Crippen LogP contribution in [0.2, 0.25) is 0 Å². The molecule has 0 aliphatic rings. The first-order chi connectivity index (χ1) is 14.2. The number of carbonyl (C=O) groups excluding carboxylic acids is 1. The van der Waals surface area contributed by atoms with E-state index < -0.39 is 5.82 Å². The number of hydrogen-bond acceptors (Lipinski definition) is 3. The van der Waals surface area contributed by atoms with Crippen LogP contribution in [0.25, 0.3) is 0 Å². The first-order valence-corrected chi connectivity index (χ1v) is 9.50. The molecule has 1 unspecified atom stereocenters. The third-order valence-corrected chi connectivity index (χ3v) is 4.58. The van der Waals surface area contributed by atoms with Crippen molar-refractivity contribution < 1.29 is 18.7 Å². The van der Waals surface area contributed by atoms with E-state index in [1.54, 1.807) is 25.3 Å². The molecule has 0 bridgehead atoms. The maximum absolute atomic E-state index is 13.8. The van der Waals surface area contributed by atoms with Gasteiger partial charge in [0, 0.05) is 6.42 Å². The van der Waals surface area contributed by atoms with Gasteiger partial charge in [0.25, 0.3) is 0 Å². The van der Waals surface area contributed by atoms with Crippen LogP contribution in [0, 0.1) is 5.82 Å². The topological polar surface area (TPSA) is 47.6 Å². The van der Waals surface area contributed by atoms with Crippen molar-refractivity contribution in [2.45, 2.75) is 18.9 Å². The molecule has 5 heteroatoms. The lowest BCUT2D eigenvalue weighted by molar-refractivity contribution is -0.122. The standard InChI is InChI=1S/C24H24FNO3/c1-28-20-14-11-18(12-15-20)13-16-24(27)26-22(19-7-3-2-4-8-19)17-29-23-10-6-5-9-21(23)25/h2-12,14-15,22H,13,16-17H2,1H3,(H,26,27). The van der Waals surface area contributed by atoms with Gasteiger partial charge >= 0.3 is 0 Å². The van der Waals surface area contributed by atoms with Crippen molar-refractivity contribution in [1.82, 2.24) is 5.32 Å². The van der Waals surface area contributed by atoms with Gasteiger partial charge in [-0.15, -0.1) is 0 Å². The molecular weight excluding hydrogens is 369 g/mol. The zero-order chi connectivity index (χ0) is 20.5. The molecule has 0 aliphatic heterocycles. The van der Waals surface area contributed by atoms with Crippen LogP contribution in [0.5, 0.6) is 11.5 Å². The van der Waals surface area contributed by atoms with Crippen LogP contribution in [0.1, 0.15) is 23.6 Å². The maximum atomic E-state index is 13.8. The summed E-state index contributed by atoms with van der Waals surface area (Å²) in [5.74, 6) is 0.436. The number of amides is 1. The van der Waals surface area contributed by atoms with Crippen molar-refractivity contribution in [1.29, 1.82) is 0 Å². The smallest absolute Gasteiger partial charge is 0.220 e. The number of para-hydroxylation sites is 1. The molecule has 4 nitrogen and oxygen atoms in total. The molecular formula is C24H24FNO3. The molecule has 1 amide bonds. The highest BCUT2D eigenvalue weighted by Crippen LogP contribution is 2.20. The average molecular weight is 393 g/mol. The highest BCUT2D eigenvalue weighted by atomic mass is 19.1. The third-order valence-electron chi connectivity index (χ3n) is 4.58. The molecule has 3 aromatic carbocycles. The number of rotatable bonds is 9. The van der Waals surface area contributed by atoms with E-state index in [9.17, 15) is 9.18 Å². The number of ether oxygens (including phenoxy) is 2. The molecule has 0 aliphatic carbocycles. The molecule has 0 aromatic heterocycles. The Morgan fingerprint density at radius 3 is 2.34 bits per heavy atom. The van der Waals surface area contributed by atoms with E-state index >= 15 is 0 Å². The zero-order valence-corrected chi connectivity index (χ0v) is 16.3. The van der Waals surface area contributed by atoms with Crippen LogP contribution in [-0.2, 0) is 11.2 Å². The summed E-state index contributed by atoms with van der Waals surface area (Å²) in [5.41, 5.74) is 1.96. The summed E-state index contributed by atoms with van der Waals surface area (Å²) >= 11 is 0. The van der Waals surface area contributed by atoms with Gasteiger partial charge in [-0.2, -0.15) is 0 Å². The van der Waals surface area contributed by atoms with E-state index in [2.05, 4.69) is 5.32 Å². The van der Waals surface area contributed by atoms with Gasteiger partial charge in [-0.1, -0.05) is 54.6 Å². The number of hydrogen-bond donors (Lipinski definition) is 1. The minimum Gasteiger partial charge on any atom is -0.497 e. The number of benzene rings is 3. The summed E-state index contributed by atoms with van der Waals surface area (Å²) in [6.45, 7) is 0.138. The highest BCUT2D eigenvalue weighted by Gasteiger charge is 2.16. The fourth-order valence-electron chi connectivity index (χ4n) is 2.96. The van der Waals surface area contributed by atoms with Gasteiger partial charge in [-0.25, -0.2) is 4.39 Å². The lowest BCUT2D eigenvalue weighted by Crippen LogP contribution is -2.32. The molecule has 1 N–H and O–H groups in total. The molecule has 0 saturated carbocycles. The molecule has 0 heterocycles. The summed E-state index contributed by atoms with van der Waals surface area (Å²) in [6.07, 6.45) is 0.959. The second kappa shape index (κ2) is 10.3. The van der Waals surface area contributed by atoms with Crippen molar-refractivity contribution in [2.24, 2.45) is 0 Å². The van der Waals surface area contributed by atoms with E-state index in [-0.39, 0.29) is 24.3 Å². The van der Waals surface area contributed by atoms with Gasteiger partial charge in [-0.3, -0.25) is 4.79 Å². The molecule has 3 rings (SSSR count). The monoisotopic (exact) mass is 393 g/mol. The predicted molar refractivity (Wildman–Crippen MR) is 111 cm³/mol. The minimum absolute atomic E-state index is 0.0909. The molecule has 0 radical (unpaired) electrons. The zero-order valence-electron chi connectivity index (χ0n) is 16.3. The number of methoxy groups -OCH3 is 1. The number of nitrogens with one attached hydrogen (secondary N) is 1. The van der Waals surface area contributed by atoms with Crippen LogP contribution in [0.15, 0.2) is 78.9 Å². The fraction of sp³-hybridized carbons (Fsp3) is 0.208. The molecule has 0 spiro atoms. The minimum atomic E-state index is -0.426. The van der Waals surface area contributed by atoms with Crippen LogP contribution >= 0.6 is 0 Å². The average Bonchev–Trinajstić information content (AvgIpc) is 2.77. The van der Waals surface area contributed by atoms with Crippen molar-refractivity contribution in [3.8, 4) is 11.5 Å². The summed E-state index contributed by atoms with van der Waals surface area (Å²) in [5, 5.41) is 3.00. The summed E-state index contributed by atoms with van der Waals surface area (Å²) in [7, 11) is 1.62. The molecule has 0 fully saturated rings. The largest absolute Gasteiger partial charge is 0.497 e. The Morgan fingerprint density at radius 2 is 1.66 bits per heavy atom. The summed E-state index contributed by atoms with van der Waals surface area (Å²) in [6, 6.07) is 23.0. The first-order valence-electron chi connectivity index (χ1n) is 9.50. The Balaban J connectivity index is 1.61. The van der Waals surface area contributed by atoms with Crippen molar-refractivity contribution in [3.63, 3.8) is 0 Å². The van der Waals surface area contributed by atoms with E-state index in [0.29, 0.717) is 12.8 Å². The molecule has 1 atom stereocenters. The van der Waals surface area contributed by atoms with Gasteiger partial charge in [0.2, 0.25) is 5.91 Å². The number of halogens is 1. The lowest BCUT2D eigenvalue weighted by atomic mass is 10.1. The number of aryl methyl sites for hydroxylation is 1. The predicted octanol–water partition coefficient (Wildman–Crippen LogP) is 4.70. The Kier molecular flexibility index (Phi) is 7.22. The molecule has 0 saturated heterocycles. The fourth-order valence-corrected chi connectivity index (χ4v) is 2.96. The summed E-state index contributed by atoms with van der Waals surface area (Å²) in [4.78, 5) is 12.5. The van der Waals surface area contributed by atoms with Gasteiger partial charge in [0.1, 0.15) is 12.4 Å². The summed E-state index contributed by atoms with van der Waals surface area (Å²) < 4.78 is 24.6. The third kappa shape index (κ3) is 6.07. The normalized spacial score (nSPS) is 11.5. The Morgan fingerprint density at radius 1 is 0.966 bits per heavy atom. The highest BCUT2D eigenvalue weighted by molar-refractivity contribution is 5.76. The SMILES string of the molecule is COc1ccc(CCC(=O)NC(COc2ccccc2F)c2ccccc2)cc1. The first kappa shape index (κ1) is 20.4.